The Morgan fingerprint density at radius 1 is 1.47 bits per heavy atom. The summed E-state index contributed by atoms with van der Waals surface area (Å²) in [6, 6.07) is 3.62. The van der Waals surface area contributed by atoms with Crippen molar-refractivity contribution in [2.75, 3.05) is 6.61 Å². The zero-order chi connectivity index (χ0) is 14.0. The number of hydrogen-bond acceptors (Lipinski definition) is 4. The molecule has 2 N–H and O–H groups in total. The Labute approximate surface area is 111 Å². The van der Waals surface area contributed by atoms with Crippen LogP contribution in [0.5, 0.6) is 5.75 Å². The van der Waals surface area contributed by atoms with Crippen molar-refractivity contribution in [1.29, 1.82) is 0 Å². The van der Waals surface area contributed by atoms with Gasteiger partial charge >= 0.3 is 0 Å². The third-order valence-electron chi connectivity index (χ3n) is 2.87. The summed E-state index contributed by atoms with van der Waals surface area (Å²) in [5.74, 6) is -1.21. The molecule has 0 unspecified atom stereocenters. The molecular weight excluding hydrogens is 251 g/mol. The molecule has 0 amide bonds. The van der Waals surface area contributed by atoms with E-state index in [1.807, 2.05) is 0 Å². The van der Waals surface area contributed by atoms with Gasteiger partial charge < -0.3 is 19.7 Å². The van der Waals surface area contributed by atoms with Gasteiger partial charge in [0.15, 0.2) is 5.79 Å². The van der Waals surface area contributed by atoms with Crippen LogP contribution in [-0.2, 0) is 9.47 Å². The van der Waals surface area contributed by atoms with E-state index in [1.54, 1.807) is 13.8 Å². The molecule has 1 fully saturated rings. The van der Waals surface area contributed by atoms with E-state index in [0.717, 1.165) is 0 Å². The van der Waals surface area contributed by atoms with Gasteiger partial charge in [-0.3, -0.25) is 0 Å². The average Bonchev–Trinajstić information content (AvgIpc) is 2.70. The first kappa shape index (κ1) is 14.0. The van der Waals surface area contributed by atoms with Crippen molar-refractivity contribution in [1.82, 2.24) is 0 Å². The highest BCUT2D eigenvalue weighted by atomic mass is 19.1. The Bertz CT molecular complexity index is 484. The van der Waals surface area contributed by atoms with Gasteiger partial charge in [-0.1, -0.05) is 12.2 Å². The molecule has 0 saturated carbocycles. The summed E-state index contributed by atoms with van der Waals surface area (Å²) in [5.41, 5.74) is 0.303. The summed E-state index contributed by atoms with van der Waals surface area (Å²) < 4.78 is 23.9. The number of benzene rings is 1. The lowest BCUT2D eigenvalue weighted by molar-refractivity contribution is -0.147. The molecule has 2 atom stereocenters. The molecule has 0 aliphatic carbocycles. The SMILES string of the molecule is CC1(C)OC[C@@H]([C@@H](O)/C=C\c2cc(F)ccc2O)O1. The fourth-order valence-electron chi connectivity index (χ4n) is 1.87. The molecular formula is C14H17FO4. The Morgan fingerprint density at radius 3 is 2.84 bits per heavy atom. The van der Waals surface area contributed by atoms with Gasteiger partial charge in [-0.2, -0.15) is 0 Å². The minimum Gasteiger partial charge on any atom is -0.507 e. The summed E-state index contributed by atoms with van der Waals surface area (Å²) in [6.07, 6.45) is 1.55. The monoisotopic (exact) mass is 268 g/mol. The van der Waals surface area contributed by atoms with Gasteiger partial charge in [-0.05, 0) is 32.0 Å². The number of aliphatic hydroxyl groups excluding tert-OH is 1. The molecule has 1 aromatic carbocycles. The topological polar surface area (TPSA) is 58.9 Å². The molecule has 0 aromatic heterocycles. The van der Waals surface area contributed by atoms with E-state index in [9.17, 15) is 14.6 Å². The summed E-state index contributed by atoms with van der Waals surface area (Å²) in [7, 11) is 0. The lowest BCUT2D eigenvalue weighted by atomic mass is 10.1. The molecule has 0 bridgehead atoms. The largest absolute Gasteiger partial charge is 0.507 e. The van der Waals surface area contributed by atoms with Crippen LogP contribution in [0.15, 0.2) is 24.3 Å². The number of aliphatic hydroxyl groups is 1. The zero-order valence-electron chi connectivity index (χ0n) is 10.8. The number of ether oxygens (including phenoxy) is 2. The molecule has 0 radical (unpaired) electrons. The molecule has 1 aliphatic heterocycles. The lowest BCUT2D eigenvalue weighted by Gasteiger charge is -2.18. The molecule has 1 heterocycles. The van der Waals surface area contributed by atoms with E-state index >= 15 is 0 Å². The lowest BCUT2D eigenvalue weighted by Crippen LogP contribution is -2.29. The Kier molecular flexibility index (Phi) is 3.89. The molecule has 1 aliphatic rings. The van der Waals surface area contributed by atoms with Crippen molar-refractivity contribution < 1.29 is 24.1 Å². The first-order valence-corrected chi connectivity index (χ1v) is 6.04. The highest BCUT2D eigenvalue weighted by Crippen LogP contribution is 2.25. The van der Waals surface area contributed by atoms with Crippen molar-refractivity contribution in [3.05, 3.63) is 35.7 Å². The quantitative estimate of drug-likeness (QED) is 0.881. The number of phenolic OH excluding ortho intramolecular Hbond substituents is 1. The second-order valence-electron chi connectivity index (χ2n) is 4.92. The molecule has 1 saturated heterocycles. The van der Waals surface area contributed by atoms with Gasteiger partial charge in [0.05, 0.1) is 6.61 Å². The maximum Gasteiger partial charge on any atom is 0.163 e. The van der Waals surface area contributed by atoms with Crippen LogP contribution in [0.25, 0.3) is 6.08 Å². The van der Waals surface area contributed by atoms with Crippen LogP contribution in [0.4, 0.5) is 4.39 Å². The maximum atomic E-state index is 13.0. The number of halogens is 1. The smallest absolute Gasteiger partial charge is 0.163 e. The Balaban J connectivity index is 2.04. The third-order valence-corrected chi connectivity index (χ3v) is 2.87. The van der Waals surface area contributed by atoms with Gasteiger partial charge in [0.2, 0.25) is 0 Å². The van der Waals surface area contributed by atoms with E-state index < -0.39 is 23.8 Å². The van der Waals surface area contributed by atoms with Crippen molar-refractivity contribution in [3.63, 3.8) is 0 Å². The van der Waals surface area contributed by atoms with Gasteiger partial charge in [0.25, 0.3) is 0 Å². The predicted octanol–water partition coefficient (Wildman–Crippen LogP) is 2.06. The predicted molar refractivity (Wildman–Crippen MR) is 68.0 cm³/mol. The molecule has 0 spiro atoms. The number of hydrogen-bond donors (Lipinski definition) is 2. The fraction of sp³-hybridized carbons (Fsp3) is 0.429. The van der Waals surface area contributed by atoms with Gasteiger partial charge in [0, 0.05) is 5.56 Å². The molecule has 5 heteroatoms. The van der Waals surface area contributed by atoms with E-state index in [1.165, 1.54) is 30.4 Å². The molecule has 19 heavy (non-hydrogen) atoms. The molecule has 4 nitrogen and oxygen atoms in total. The van der Waals surface area contributed by atoms with E-state index in [4.69, 9.17) is 9.47 Å². The molecule has 1 aromatic rings. The summed E-state index contributed by atoms with van der Waals surface area (Å²) in [6.45, 7) is 3.82. The van der Waals surface area contributed by atoms with Crippen LogP contribution in [-0.4, -0.2) is 34.8 Å². The van der Waals surface area contributed by atoms with Crippen LogP contribution >= 0.6 is 0 Å². The average molecular weight is 268 g/mol. The Hall–Kier alpha value is -1.43. The van der Waals surface area contributed by atoms with Crippen LogP contribution in [0.1, 0.15) is 19.4 Å². The van der Waals surface area contributed by atoms with Gasteiger partial charge in [-0.25, -0.2) is 4.39 Å². The van der Waals surface area contributed by atoms with E-state index in [0.29, 0.717) is 5.56 Å². The molecule has 2 rings (SSSR count). The van der Waals surface area contributed by atoms with Crippen LogP contribution in [0.3, 0.4) is 0 Å². The van der Waals surface area contributed by atoms with Gasteiger partial charge in [-0.15, -0.1) is 0 Å². The normalized spacial score (nSPS) is 23.9. The third kappa shape index (κ3) is 3.53. The Morgan fingerprint density at radius 2 is 2.21 bits per heavy atom. The summed E-state index contributed by atoms with van der Waals surface area (Å²) in [5, 5.41) is 19.5. The van der Waals surface area contributed by atoms with E-state index in [-0.39, 0.29) is 12.4 Å². The van der Waals surface area contributed by atoms with Gasteiger partial charge in [0.1, 0.15) is 23.8 Å². The first-order chi connectivity index (χ1) is 8.87. The minimum absolute atomic E-state index is 0.0474. The van der Waals surface area contributed by atoms with Crippen LogP contribution in [0, 0.1) is 5.82 Å². The van der Waals surface area contributed by atoms with Crippen molar-refractivity contribution in [2.45, 2.75) is 31.8 Å². The summed E-state index contributed by atoms with van der Waals surface area (Å²) >= 11 is 0. The van der Waals surface area contributed by atoms with Crippen molar-refractivity contribution in [2.24, 2.45) is 0 Å². The highest BCUT2D eigenvalue weighted by Gasteiger charge is 2.35. The van der Waals surface area contributed by atoms with Crippen LogP contribution < -0.4 is 0 Å². The van der Waals surface area contributed by atoms with Crippen molar-refractivity contribution >= 4 is 6.08 Å². The second kappa shape index (κ2) is 5.28. The standard InChI is InChI=1S/C14H17FO4/c1-14(2)18-8-13(19-14)12(17)5-3-9-7-10(15)4-6-11(9)16/h3-7,12-13,16-17H,8H2,1-2H3/b5-3-/t12-,13-/m0/s1. The van der Waals surface area contributed by atoms with E-state index in [2.05, 4.69) is 0 Å². The highest BCUT2D eigenvalue weighted by molar-refractivity contribution is 5.57. The fourth-order valence-corrected chi connectivity index (χ4v) is 1.87. The number of phenols is 1. The minimum atomic E-state index is -0.885. The van der Waals surface area contributed by atoms with Crippen molar-refractivity contribution in [3.8, 4) is 5.75 Å². The molecule has 104 valence electrons. The summed E-state index contributed by atoms with van der Waals surface area (Å²) in [4.78, 5) is 0. The van der Waals surface area contributed by atoms with Crippen LogP contribution in [0.2, 0.25) is 0 Å². The number of rotatable bonds is 3. The first-order valence-electron chi connectivity index (χ1n) is 6.04. The zero-order valence-corrected chi connectivity index (χ0v) is 10.8. The second-order valence-corrected chi connectivity index (χ2v) is 4.92. The maximum absolute atomic E-state index is 13.0. The number of aromatic hydroxyl groups is 1.